The van der Waals surface area contributed by atoms with Gasteiger partial charge >= 0.3 is 0 Å². The molecule has 2 atom stereocenters. The molecule has 0 radical (unpaired) electrons. The van der Waals surface area contributed by atoms with Crippen LogP contribution in [-0.2, 0) is 22.7 Å². The average Bonchev–Trinajstić information content (AvgIpc) is 3.50. The zero-order chi connectivity index (χ0) is 33.6. The minimum atomic E-state index is -0.711. The van der Waals surface area contributed by atoms with E-state index in [2.05, 4.69) is 29.4 Å². The van der Waals surface area contributed by atoms with Crippen LogP contribution < -0.4 is 10.1 Å². The molecule has 3 amide bonds. The Morgan fingerprint density at radius 3 is 2.42 bits per heavy atom. The lowest BCUT2D eigenvalue weighted by Crippen LogP contribution is -2.42. The molecule has 7 rings (SSSR count). The Labute approximate surface area is 283 Å². The van der Waals surface area contributed by atoms with E-state index < -0.39 is 23.2 Å². The summed E-state index contributed by atoms with van der Waals surface area (Å²) in [6.45, 7) is 7.70. The molecule has 2 unspecified atom stereocenters. The standard InChI is InChI=1S/C37H38FN5O4S/c1-22(2)34-40-41-35(48-34)25-9-11-27(12-10-25)47-30-17-28(29(38)16-26(30)20-42-18-23(3)15-32(42)44)33(45)39-31-21-43(36(46)37(31)13-14-37)19-24-7-5-4-6-8-24/h4-12,16-17,22-23,31H,13-15,18-21H2,1-3H3,(H,39,45). The number of carbonyl (C=O) groups excluding carboxylic acids is 3. The minimum Gasteiger partial charge on any atom is -0.457 e. The molecule has 9 nitrogen and oxygen atoms in total. The molecular weight excluding hydrogens is 630 g/mol. The molecule has 2 saturated heterocycles. The lowest BCUT2D eigenvalue weighted by atomic mass is 9.99. The molecule has 3 fully saturated rings. The zero-order valence-electron chi connectivity index (χ0n) is 27.2. The van der Waals surface area contributed by atoms with Crippen LogP contribution in [0.15, 0.2) is 66.7 Å². The molecule has 48 heavy (non-hydrogen) atoms. The number of likely N-dealkylation sites (tertiary alicyclic amines) is 2. The monoisotopic (exact) mass is 667 g/mol. The zero-order valence-corrected chi connectivity index (χ0v) is 28.1. The van der Waals surface area contributed by atoms with Crippen LogP contribution in [0.2, 0.25) is 0 Å². The van der Waals surface area contributed by atoms with E-state index in [4.69, 9.17) is 4.74 Å². The third-order valence-corrected chi connectivity index (χ3v) is 10.8. The van der Waals surface area contributed by atoms with Crippen LogP contribution in [0.4, 0.5) is 4.39 Å². The summed E-state index contributed by atoms with van der Waals surface area (Å²) < 4.78 is 22.1. The number of aromatic nitrogens is 2. The molecule has 1 aromatic heterocycles. The molecule has 3 aromatic carbocycles. The second kappa shape index (κ2) is 12.8. The van der Waals surface area contributed by atoms with Gasteiger partial charge < -0.3 is 19.9 Å². The molecule has 248 valence electrons. The number of hydrogen-bond donors (Lipinski definition) is 1. The molecule has 1 spiro atoms. The predicted octanol–water partition coefficient (Wildman–Crippen LogP) is 6.55. The van der Waals surface area contributed by atoms with Crippen LogP contribution in [0.5, 0.6) is 11.5 Å². The molecule has 1 N–H and O–H groups in total. The molecule has 3 heterocycles. The van der Waals surface area contributed by atoms with Gasteiger partial charge in [0.1, 0.15) is 27.3 Å². The summed E-state index contributed by atoms with van der Waals surface area (Å²) in [6.07, 6.45) is 1.81. The number of nitrogens with zero attached hydrogens (tertiary/aromatic N) is 4. The lowest BCUT2D eigenvalue weighted by molar-refractivity contribution is -0.132. The Bertz CT molecular complexity index is 1860. The second-order valence-corrected chi connectivity index (χ2v) is 14.6. The van der Waals surface area contributed by atoms with Crippen molar-refractivity contribution >= 4 is 29.1 Å². The largest absolute Gasteiger partial charge is 0.457 e. The van der Waals surface area contributed by atoms with Gasteiger partial charge in [-0.15, -0.1) is 10.2 Å². The van der Waals surface area contributed by atoms with Gasteiger partial charge in [-0.3, -0.25) is 14.4 Å². The van der Waals surface area contributed by atoms with Gasteiger partial charge in [0.2, 0.25) is 11.8 Å². The Kier molecular flexibility index (Phi) is 8.49. The molecule has 11 heteroatoms. The molecule has 0 bridgehead atoms. The van der Waals surface area contributed by atoms with Crippen molar-refractivity contribution in [1.82, 2.24) is 25.3 Å². The fourth-order valence-corrected chi connectivity index (χ4v) is 7.54. The number of ether oxygens (including phenoxy) is 1. The highest BCUT2D eigenvalue weighted by molar-refractivity contribution is 7.14. The van der Waals surface area contributed by atoms with Crippen molar-refractivity contribution in [2.45, 2.75) is 65.1 Å². The first-order valence-electron chi connectivity index (χ1n) is 16.5. The highest BCUT2D eigenvalue weighted by Crippen LogP contribution is 2.54. The molecular formula is C37H38FN5O4S. The van der Waals surface area contributed by atoms with E-state index >= 15 is 4.39 Å². The van der Waals surface area contributed by atoms with E-state index in [-0.39, 0.29) is 41.5 Å². The molecule has 4 aromatic rings. The highest BCUT2D eigenvalue weighted by Gasteiger charge is 2.62. The third kappa shape index (κ3) is 6.31. The van der Waals surface area contributed by atoms with Crippen LogP contribution in [0, 0.1) is 17.2 Å². The number of halogens is 1. The van der Waals surface area contributed by atoms with Gasteiger partial charge in [0.15, 0.2) is 0 Å². The fourth-order valence-electron chi connectivity index (χ4n) is 6.69. The summed E-state index contributed by atoms with van der Waals surface area (Å²) in [5.41, 5.74) is 1.55. The molecule has 1 aliphatic carbocycles. The van der Waals surface area contributed by atoms with Crippen LogP contribution in [0.3, 0.4) is 0 Å². The maximum Gasteiger partial charge on any atom is 0.254 e. The van der Waals surface area contributed by atoms with Crippen molar-refractivity contribution in [3.8, 4) is 22.1 Å². The maximum atomic E-state index is 15.8. The summed E-state index contributed by atoms with van der Waals surface area (Å²) in [6, 6.07) is 19.4. The number of amides is 3. The highest BCUT2D eigenvalue weighted by atomic mass is 32.1. The van der Waals surface area contributed by atoms with Crippen molar-refractivity contribution in [3.05, 3.63) is 94.2 Å². The summed E-state index contributed by atoms with van der Waals surface area (Å²) in [5, 5.41) is 13.3. The third-order valence-electron chi connectivity index (χ3n) is 9.52. The molecule has 1 saturated carbocycles. The van der Waals surface area contributed by atoms with Crippen molar-refractivity contribution in [1.29, 1.82) is 0 Å². The first-order valence-corrected chi connectivity index (χ1v) is 17.3. The number of benzene rings is 3. The van der Waals surface area contributed by atoms with Gasteiger partial charge in [-0.1, -0.05) is 62.4 Å². The summed E-state index contributed by atoms with van der Waals surface area (Å²) in [5.74, 6) is -0.0325. The lowest BCUT2D eigenvalue weighted by Gasteiger charge is -2.21. The smallest absolute Gasteiger partial charge is 0.254 e. The normalized spacial score (nSPS) is 19.9. The van der Waals surface area contributed by atoms with Crippen molar-refractivity contribution in [3.63, 3.8) is 0 Å². The van der Waals surface area contributed by atoms with E-state index in [9.17, 15) is 14.4 Å². The second-order valence-electron chi connectivity index (χ2n) is 13.6. The Morgan fingerprint density at radius 1 is 1.02 bits per heavy atom. The van der Waals surface area contributed by atoms with Crippen molar-refractivity contribution in [2.75, 3.05) is 13.1 Å². The minimum absolute atomic E-state index is 0.00135. The number of hydrogen-bond acceptors (Lipinski definition) is 7. The molecule has 2 aliphatic heterocycles. The Hall–Kier alpha value is -4.64. The maximum absolute atomic E-state index is 15.8. The van der Waals surface area contributed by atoms with Gasteiger partial charge in [-0.2, -0.15) is 0 Å². The van der Waals surface area contributed by atoms with E-state index in [0.717, 1.165) is 21.1 Å². The SMILES string of the molecule is CC1CC(=O)N(Cc2cc(F)c(C(=O)NC3CN(Cc4ccccc4)C(=O)C34CC4)cc2Oc2ccc(-c3nnc(C(C)C)s3)cc2)C1. The van der Waals surface area contributed by atoms with Gasteiger partial charge in [0.25, 0.3) is 5.91 Å². The fraction of sp³-hybridized carbons (Fsp3) is 0.378. The number of rotatable bonds is 10. The van der Waals surface area contributed by atoms with Crippen molar-refractivity contribution in [2.24, 2.45) is 11.3 Å². The first-order chi connectivity index (χ1) is 23.1. The Balaban J connectivity index is 1.13. The van der Waals surface area contributed by atoms with Crippen LogP contribution in [0.1, 0.15) is 72.4 Å². The summed E-state index contributed by atoms with van der Waals surface area (Å²) in [4.78, 5) is 43.2. The number of carbonyl (C=O) groups is 3. The van der Waals surface area contributed by atoms with E-state index in [0.29, 0.717) is 50.2 Å². The average molecular weight is 668 g/mol. The van der Waals surface area contributed by atoms with Crippen LogP contribution in [0.25, 0.3) is 10.6 Å². The predicted molar refractivity (Wildman–Crippen MR) is 180 cm³/mol. The molecule has 3 aliphatic rings. The summed E-state index contributed by atoms with van der Waals surface area (Å²) in [7, 11) is 0. The Morgan fingerprint density at radius 2 is 1.77 bits per heavy atom. The van der Waals surface area contributed by atoms with Gasteiger partial charge in [-0.05, 0) is 60.7 Å². The van der Waals surface area contributed by atoms with Crippen molar-refractivity contribution < 1.29 is 23.5 Å². The van der Waals surface area contributed by atoms with E-state index in [1.807, 2.05) is 49.4 Å². The number of nitrogens with one attached hydrogen (secondary N) is 1. The quantitative estimate of drug-likeness (QED) is 0.206. The topological polar surface area (TPSA) is 105 Å². The summed E-state index contributed by atoms with van der Waals surface area (Å²) >= 11 is 1.54. The van der Waals surface area contributed by atoms with Gasteiger partial charge in [0.05, 0.1) is 17.0 Å². The van der Waals surface area contributed by atoms with E-state index in [1.54, 1.807) is 21.9 Å². The van der Waals surface area contributed by atoms with Gasteiger partial charge in [-0.25, -0.2) is 4.39 Å². The van der Waals surface area contributed by atoms with Gasteiger partial charge in [0, 0.05) is 49.6 Å². The van der Waals surface area contributed by atoms with Crippen LogP contribution in [-0.4, -0.2) is 56.9 Å². The van der Waals surface area contributed by atoms with E-state index in [1.165, 1.54) is 23.5 Å². The van der Waals surface area contributed by atoms with Crippen LogP contribution >= 0.6 is 11.3 Å². The first kappa shape index (κ1) is 31.9.